The quantitative estimate of drug-likeness (QED) is 0.831. The molecule has 0 aliphatic rings. The number of carbonyl (C=O) groups is 2. The van der Waals surface area contributed by atoms with Crippen LogP contribution in [-0.2, 0) is 9.53 Å². The van der Waals surface area contributed by atoms with E-state index < -0.39 is 24.0 Å². The van der Waals surface area contributed by atoms with E-state index in [-0.39, 0.29) is 18.5 Å². The number of hydrogen-bond acceptors (Lipinski definition) is 5. The number of para-hydroxylation sites is 1. The van der Waals surface area contributed by atoms with Gasteiger partial charge in [-0.25, -0.2) is 4.79 Å². The van der Waals surface area contributed by atoms with Crippen molar-refractivity contribution in [3.63, 3.8) is 0 Å². The molecule has 0 fully saturated rings. The number of ether oxygens (including phenoxy) is 1. The maximum Gasteiger partial charge on any atom is 0.339 e. The van der Waals surface area contributed by atoms with Gasteiger partial charge in [-0.15, -0.1) is 0 Å². The average molecular weight is 313 g/mol. The first-order valence-corrected chi connectivity index (χ1v) is 6.93. The lowest BCUT2D eigenvalue weighted by Gasteiger charge is -2.15. The van der Waals surface area contributed by atoms with E-state index in [1.807, 2.05) is 6.07 Å². The van der Waals surface area contributed by atoms with Crippen molar-refractivity contribution in [3.05, 3.63) is 46.2 Å². The summed E-state index contributed by atoms with van der Waals surface area (Å²) in [6.07, 6.45) is 0.203. The minimum atomic E-state index is -0.741. The van der Waals surface area contributed by atoms with Crippen LogP contribution >= 0.6 is 0 Å². The van der Waals surface area contributed by atoms with E-state index in [0.29, 0.717) is 10.9 Å². The predicted octanol–water partition coefficient (Wildman–Crippen LogP) is 1.06. The Kier molecular flexibility index (Phi) is 5.10. The van der Waals surface area contributed by atoms with Gasteiger partial charge in [0.2, 0.25) is 5.56 Å². The summed E-state index contributed by atoms with van der Waals surface area (Å²) in [5.41, 5.74) is 0.203. The van der Waals surface area contributed by atoms with Crippen LogP contribution < -0.4 is 5.56 Å². The van der Waals surface area contributed by atoms with Gasteiger partial charge in [0.25, 0.3) is 5.91 Å². The van der Waals surface area contributed by atoms with Crippen LogP contribution in [0.15, 0.2) is 35.1 Å². The molecule has 0 aliphatic heterocycles. The van der Waals surface area contributed by atoms with E-state index in [9.17, 15) is 14.4 Å². The first kappa shape index (κ1) is 16.2. The van der Waals surface area contributed by atoms with Crippen LogP contribution in [0.4, 0.5) is 0 Å². The highest BCUT2D eigenvalue weighted by Gasteiger charge is 2.16. The normalized spacial score (nSPS) is 10.1. The highest BCUT2D eigenvalue weighted by molar-refractivity contribution is 6.03. The molecule has 0 atom stereocenters. The number of nitrogens with one attached hydrogen (secondary N) is 1. The molecule has 2 rings (SSSR count). The van der Waals surface area contributed by atoms with Crippen molar-refractivity contribution in [2.24, 2.45) is 0 Å². The van der Waals surface area contributed by atoms with E-state index in [1.165, 1.54) is 11.9 Å². The Bertz CT molecular complexity index is 835. The predicted molar refractivity (Wildman–Crippen MR) is 82.7 cm³/mol. The number of nitriles is 1. The molecule has 0 spiro atoms. The highest BCUT2D eigenvalue weighted by Crippen LogP contribution is 2.15. The van der Waals surface area contributed by atoms with Crippen molar-refractivity contribution in [1.82, 2.24) is 9.88 Å². The summed E-state index contributed by atoms with van der Waals surface area (Å²) >= 11 is 0. The van der Waals surface area contributed by atoms with E-state index in [2.05, 4.69) is 4.98 Å². The third-order valence-electron chi connectivity index (χ3n) is 3.28. The van der Waals surface area contributed by atoms with Crippen LogP contribution in [0.5, 0.6) is 0 Å². The highest BCUT2D eigenvalue weighted by atomic mass is 16.5. The van der Waals surface area contributed by atoms with Gasteiger partial charge in [0.15, 0.2) is 6.61 Å². The topological polar surface area (TPSA) is 103 Å². The minimum Gasteiger partial charge on any atom is -0.452 e. The van der Waals surface area contributed by atoms with Crippen LogP contribution in [0.25, 0.3) is 10.9 Å². The standard InChI is InChI=1S/C16H15N3O4/c1-19(8-4-7-17)15(21)10-23-16(22)12-9-14(20)18-13-6-3-2-5-11(12)13/h2-3,5-6,9H,4,8,10H2,1H3,(H,18,20). The van der Waals surface area contributed by atoms with E-state index >= 15 is 0 Å². The van der Waals surface area contributed by atoms with Crippen LogP contribution in [0.2, 0.25) is 0 Å². The number of carbonyl (C=O) groups excluding carboxylic acids is 2. The zero-order valence-electron chi connectivity index (χ0n) is 12.5. The second-order valence-corrected chi connectivity index (χ2v) is 4.89. The van der Waals surface area contributed by atoms with Gasteiger partial charge in [-0.3, -0.25) is 9.59 Å². The van der Waals surface area contributed by atoms with Gasteiger partial charge in [0.1, 0.15) is 0 Å². The fraction of sp³-hybridized carbons (Fsp3) is 0.250. The number of nitrogens with zero attached hydrogens (tertiary/aromatic N) is 2. The molecule has 0 aliphatic carbocycles. The van der Waals surface area contributed by atoms with Crippen molar-refractivity contribution in [1.29, 1.82) is 5.26 Å². The molecule has 1 amide bonds. The molecule has 0 unspecified atom stereocenters. The van der Waals surface area contributed by atoms with E-state index in [1.54, 1.807) is 24.3 Å². The Morgan fingerprint density at radius 1 is 1.35 bits per heavy atom. The number of esters is 1. The lowest BCUT2D eigenvalue weighted by Crippen LogP contribution is -2.32. The number of fused-ring (bicyclic) bond motifs is 1. The zero-order valence-corrected chi connectivity index (χ0v) is 12.5. The number of H-pyrrole nitrogens is 1. The minimum absolute atomic E-state index is 0.108. The maximum absolute atomic E-state index is 12.2. The van der Waals surface area contributed by atoms with Gasteiger partial charge in [-0.1, -0.05) is 18.2 Å². The monoisotopic (exact) mass is 313 g/mol. The Labute approximate surface area is 132 Å². The van der Waals surface area contributed by atoms with Gasteiger partial charge in [-0.2, -0.15) is 5.26 Å². The summed E-state index contributed by atoms with van der Waals surface area (Å²) in [7, 11) is 1.52. The molecule has 1 aromatic heterocycles. The molecule has 118 valence electrons. The molecule has 0 radical (unpaired) electrons. The smallest absolute Gasteiger partial charge is 0.339 e. The summed E-state index contributed by atoms with van der Waals surface area (Å²) in [5.74, 6) is -1.16. The third-order valence-corrected chi connectivity index (χ3v) is 3.28. The second-order valence-electron chi connectivity index (χ2n) is 4.89. The molecular weight excluding hydrogens is 298 g/mol. The number of pyridine rings is 1. The second kappa shape index (κ2) is 7.22. The number of aromatic amines is 1. The lowest BCUT2D eigenvalue weighted by molar-refractivity contribution is -0.133. The molecule has 7 heteroatoms. The average Bonchev–Trinajstić information content (AvgIpc) is 2.56. The number of benzene rings is 1. The number of aromatic nitrogens is 1. The zero-order chi connectivity index (χ0) is 16.8. The van der Waals surface area contributed by atoms with Crippen LogP contribution in [-0.4, -0.2) is 42.0 Å². The fourth-order valence-electron chi connectivity index (χ4n) is 2.03. The van der Waals surface area contributed by atoms with Crippen molar-refractivity contribution < 1.29 is 14.3 Å². The van der Waals surface area contributed by atoms with Crippen LogP contribution in [0.1, 0.15) is 16.8 Å². The summed E-state index contributed by atoms with van der Waals surface area (Å²) in [6, 6.07) is 9.91. The number of hydrogen-bond donors (Lipinski definition) is 1. The molecule has 0 saturated heterocycles. The molecule has 0 saturated carbocycles. The molecule has 0 bridgehead atoms. The van der Waals surface area contributed by atoms with Crippen molar-refractivity contribution in [3.8, 4) is 6.07 Å². The number of amides is 1. The molecular formula is C16H15N3O4. The summed E-state index contributed by atoms with van der Waals surface area (Å²) in [4.78, 5) is 39.5. The fourth-order valence-corrected chi connectivity index (χ4v) is 2.03. The molecule has 1 aromatic carbocycles. The number of likely N-dealkylation sites (N-methyl/N-ethyl adjacent to an activating group) is 1. The van der Waals surface area contributed by atoms with Crippen LogP contribution in [0.3, 0.4) is 0 Å². The lowest BCUT2D eigenvalue weighted by atomic mass is 10.1. The maximum atomic E-state index is 12.2. The first-order chi connectivity index (χ1) is 11.0. The van der Waals surface area contributed by atoms with Gasteiger partial charge in [0, 0.05) is 30.6 Å². The Morgan fingerprint density at radius 3 is 2.83 bits per heavy atom. The van der Waals surface area contributed by atoms with Gasteiger partial charge in [-0.05, 0) is 6.07 Å². The summed E-state index contributed by atoms with van der Waals surface area (Å²) in [5, 5.41) is 9.03. The molecule has 7 nitrogen and oxygen atoms in total. The van der Waals surface area contributed by atoms with E-state index in [4.69, 9.17) is 10.00 Å². The van der Waals surface area contributed by atoms with Crippen molar-refractivity contribution in [2.75, 3.05) is 20.2 Å². The molecule has 1 N–H and O–H groups in total. The number of rotatable bonds is 5. The van der Waals surface area contributed by atoms with Crippen molar-refractivity contribution >= 4 is 22.8 Å². The Hall–Kier alpha value is -3.14. The largest absolute Gasteiger partial charge is 0.452 e. The SMILES string of the molecule is CN(CCC#N)C(=O)COC(=O)c1cc(=O)[nH]c2ccccc12. The summed E-state index contributed by atoms with van der Waals surface area (Å²) < 4.78 is 4.99. The summed E-state index contributed by atoms with van der Waals surface area (Å²) in [6.45, 7) is -0.178. The molecule has 1 heterocycles. The van der Waals surface area contributed by atoms with Gasteiger partial charge >= 0.3 is 5.97 Å². The molecule has 2 aromatic rings. The van der Waals surface area contributed by atoms with Crippen LogP contribution in [0, 0.1) is 11.3 Å². The first-order valence-electron chi connectivity index (χ1n) is 6.93. The third kappa shape index (κ3) is 3.95. The van der Waals surface area contributed by atoms with E-state index in [0.717, 1.165) is 6.07 Å². The van der Waals surface area contributed by atoms with Gasteiger partial charge in [0.05, 0.1) is 18.1 Å². The Balaban J connectivity index is 2.12. The van der Waals surface area contributed by atoms with Crippen molar-refractivity contribution in [2.45, 2.75) is 6.42 Å². The Morgan fingerprint density at radius 2 is 2.09 bits per heavy atom. The van der Waals surface area contributed by atoms with Gasteiger partial charge < -0.3 is 14.6 Å². The molecule has 23 heavy (non-hydrogen) atoms.